The van der Waals surface area contributed by atoms with Crippen LogP contribution in [0.15, 0.2) is 18.2 Å². The summed E-state index contributed by atoms with van der Waals surface area (Å²) in [5, 5.41) is 9.28. The predicted molar refractivity (Wildman–Crippen MR) is 73.1 cm³/mol. The Morgan fingerprint density at radius 3 is 2.67 bits per heavy atom. The van der Waals surface area contributed by atoms with Crippen LogP contribution in [-0.2, 0) is 0 Å². The average molecular weight is 248 g/mol. The number of anilines is 2. The first-order valence-electron chi connectivity index (χ1n) is 6.53. The summed E-state index contributed by atoms with van der Waals surface area (Å²) < 4.78 is 0. The minimum atomic E-state index is -0.888. The fourth-order valence-electron chi connectivity index (χ4n) is 2.81. The van der Waals surface area contributed by atoms with Crippen molar-refractivity contribution in [1.29, 1.82) is 0 Å². The third-order valence-electron chi connectivity index (χ3n) is 3.67. The smallest absolute Gasteiger partial charge is 0.337 e. The molecule has 1 aliphatic carbocycles. The third kappa shape index (κ3) is 2.42. The highest BCUT2D eigenvalue weighted by Gasteiger charge is 2.25. The van der Waals surface area contributed by atoms with Crippen LogP contribution in [0.5, 0.6) is 0 Å². The molecule has 0 saturated heterocycles. The highest BCUT2D eigenvalue weighted by Crippen LogP contribution is 2.31. The van der Waals surface area contributed by atoms with Gasteiger partial charge in [0, 0.05) is 18.3 Å². The molecule has 0 atom stereocenters. The second-order valence-electron chi connectivity index (χ2n) is 4.81. The van der Waals surface area contributed by atoms with Crippen LogP contribution in [0.25, 0.3) is 0 Å². The summed E-state index contributed by atoms with van der Waals surface area (Å²) >= 11 is 0. The van der Waals surface area contributed by atoms with E-state index in [1.807, 2.05) is 0 Å². The van der Waals surface area contributed by atoms with E-state index in [1.165, 1.54) is 12.8 Å². The molecule has 1 saturated carbocycles. The van der Waals surface area contributed by atoms with Gasteiger partial charge in [0.25, 0.3) is 0 Å². The maximum Gasteiger partial charge on any atom is 0.337 e. The van der Waals surface area contributed by atoms with Crippen LogP contribution in [0.1, 0.15) is 43.0 Å². The number of hydrogen-bond donors (Lipinski definition) is 2. The van der Waals surface area contributed by atoms with Gasteiger partial charge in [-0.25, -0.2) is 4.79 Å². The normalized spacial score (nSPS) is 15.8. The number of carboxylic acids is 1. The van der Waals surface area contributed by atoms with Gasteiger partial charge in [-0.1, -0.05) is 12.8 Å². The molecule has 2 rings (SSSR count). The minimum absolute atomic E-state index is 0.345. The number of nitrogens with zero attached hydrogens (tertiary/aromatic N) is 1. The van der Waals surface area contributed by atoms with Gasteiger partial charge in [0.05, 0.1) is 11.3 Å². The van der Waals surface area contributed by atoms with Gasteiger partial charge in [0.1, 0.15) is 0 Å². The molecule has 1 fully saturated rings. The molecule has 1 aliphatic rings. The molecule has 4 heteroatoms. The number of carboxylic acid groups (broad SMARTS) is 1. The summed E-state index contributed by atoms with van der Waals surface area (Å²) in [6.07, 6.45) is 4.74. The summed E-state index contributed by atoms with van der Waals surface area (Å²) in [6.45, 7) is 2.88. The molecular weight excluding hydrogens is 228 g/mol. The van der Waals surface area contributed by atoms with E-state index in [1.54, 1.807) is 18.2 Å². The summed E-state index contributed by atoms with van der Waals surface area (Å²) in [7, 11) is 0. The molecule has 98 valence electrons. The predicted octanol–water partition coefficient (Wildman–Crippen LogP) is 2.74. The largest absolute Gasteiger partial charge is 0.478 e. The lowest BCUT2D eigenvalue weighted by Crippen LogP contribution is -2.34. The fraction of sp³-hybridized carbons (Fsp3) is 0.500. The van der Waals surface area contributed by atoms with Crippen LogP contribution in [0.3, 0.4) is 0 Å². The van der Waals surface area contributed by atoms with Crippen molar-refractivity contribution in [2.24, 2.45) is 0 Å². The van der Waals surface area contributed by atoms with Gasteiger partial charge < -0.3 is 15.7 Å². The summed E-state index contributed by atoms with van der Waals surface area (Å²) in [4.78, 5) is 13.5. The zero-order chi connectivity index (χ0) is 13.1. The van der Waals surface area contributed by atoms with E-state index in [0.717, 1.165) is 25.1 Å². The van der Waals surface area contributed by atoms with Crippen LogP contribution in [0, 0.1) is 0 Å². The molecule has 0 heterocycles. The molecule has 0 bridgehead atoms. The average Bonchev–Trinajstić information content (AvgIpc) is 2.83. The number of carbonyl (C=O) groups is 1. The van der Waals surface area contributed by atoms with Gasteiger partial charge in [-0.3, -0.25) is 0 Å². The van der Waals surface area contributed by atoms with Crippen LogP contribution in [0.2, 0.25) is 0 Å². The third-order valence-corrected chi connectivity index (χ3v) is 3.67. The number of nitrogen functional groups attached to an aromatic ring is 1. The van der Waals surface area contributed by atoms with Crippen LogP contribution in [-0.4, -0.2) is 23.7 Å². The van der Waals surface area contributed by atoms with Crippen molar-refractivity contribution >= 4 is 17.3 Å². The van der Waals surface area contributed by atoms with Crippen LogP contribution < -0.4 is 10.6 Å². The Morgan fingerprint density at radius 1 is 1.44 bits per heavy atom. The molecule has 0 unspecified atom stereocenters. The lowest BCUT2D eigenvalue weighted by molar-refractivity contribution is 0.0697. The van der Waals surface area contributed by atoms with Crippen LogP contribution >= 0.6 is 0 Å². The van der Waals surface area contributed by atoms with E-state index in [0.29, 0.717) is 17.3 Å². The molecule has 3 N–H and O–H groups in total. The maximum atomic E-state index is 11.3. The van der Waals surface area contributed by atoms with Gasteiger partial charge in [-0.05, 0) is 38.0 Å². The molecule has 0 amide bonds. The summed E-state index contributed by atoms with van der Waals surface area (Å²) in [5.74, 6) is -0.888. The lowest BCUT2D eigenvalue weighted by Gasteiger charge is -2.31. The van der Waals surface area contributed by atoms with Crippen molar-refractivity contribution in [3.8, 4) is 0 Å². The highest BCUT2D eigenvalue weighted by molar-refractivity contribution is 5.95. The topological polar surface area (TPSA) is 66.6 Å². The molecule has 1 aromatic carbocycles. The van der Waals surface area contributed by atoms with E-state index in [2.05, 4.69) is 11.8 Å². The molecular formula is C14H20N2O2. The molecule has 0 radical (unpaired) electrons. The quantitative estimate of drug-likeness (QED) is 0.804. The highest BCUT2D eigenvalue weighted by atomic mass is 16.4. The minimum Gasteiger partial charge on any atom is -0.478 e. The van der Waals surface area contributed by atoms with Gasteiger partial charge >= 0.3 is 5.97 Å². The van der Waals surface area contributed by atoms with Gasteiger partial charge in [-0.15, -0.1) is 0 Å². The Hall–Kier alpha value is -1.71. The Morgan fingerprint density at radius 2 is 2.11 bits per heavy atom. The summed E-state index contributed by atoms with van der Waals surface area (Å²) in [5.41, 5.74) is 7.52. The number of benzene rings is 1. The Bertz CT molecular complexity index is 439. The second kappa shape index (κ2) is 5.29. The monoisotopic (exact) mass is 248 g/mol. The zero-order valence-corrected chi connectivity index (χ0v) is 10.7. The fourth-order valence-corrected chi connectivity index (χ4v) is 2.81. The first-order chi connectivity index (χ1) is 8.63. The SMILES string of the molecule is CCN(c1cc(N)ccc1C(=O)O)C1CCCC1. The van der Waals surface area contributed by atoms with Gasteiger partial charge in [0.2, 0.25) is 0 Å². The van der Waals surface area contributed by atoms with Crippen molar-refractivity contribution in [1.82, 2.24) is 0 Å². The van der Waals surface area contributed by atoms with Crippen LogP contribution in [0.4, 0.5) is 11.4 Å². The van der Waals surface area contributed by atoms with E-state index in [9.17, 15) is 9.90 Å². The Labute approximate surface area is 107 Å². The number of hydrogen-bond acceptors (Lipinski definition) is 3. The van der Waals surface area contributed by atoms with Crippen molar-refractivity contribution in [3.63, 3.8) is 0 Å². The first-order valence-corrected chi connectivity index (χ1v) is 6.53. The molecule has 18 heavy (non-hydrogen) atoms. The molecule has 0 spiro atoms. The maximum absolute atomic E-state index is 11.3. The van der Waals surface area contributed by atoms with E-state index in [-0.39, 0.29) is 0 Å². The molecule has 0 aromatic heterocycles. The number of rotatable bonds is 4. The van der Waals surface area contributed by atoms with Crippen molar-refractivity contribution < 1.29 is 9.90 Å². The summed E-state index contributed by atoms with van der Waals surface area (Å²) in [6, 6.07) is 5.49. The standard InChI is InChI=1S/C14H20N2O2/c1-2-16(11-5-3-4-6-11)13-9-10(15)7-8-12(13)14(17)18/h7-9,11H,2-6,15H2,1H3,(H,17,18). The lowest BCUT2D eigenvalue weighted by atomic mass is 10.1. The van der Waals surface area contributed by atoms with Gasteiger partial charge in [0.15, 0.2) is 0 Å². The van der Waals surface area contributed by atoms with Gasteiger partial charge in [-0.2, -0.15) is 0 Å². The van der Waals surface area contributed by atoms with Crippen molar-refractivity contribution in [2.45, 2.75) is 38.6 Å². The van der Waals surface area contributed by atoms with E-state index < -0.39 is 5.97 Å². The Kier molecular flexibility index (Phi) is 3.75. The molecule has 0 aliphatic heterocycles. The van der Waals surface area contributed by atoms with E-state index in [4.69, 9.17) is 5.73 Å². The first kappa shape index (κ1) is 12.7. The van der Waals surface area contributed by atoms with Crippen molar-refractivity contribution in [3.05, 3.63) is 23.8 Å². The molecule has 1 aromatic rings. The number of aromatic carboxylic acids is 1. The second-order valence-corrected chi connectivity index (χ2v) is 4.81. The van der Waals surface area contributed by atoms with E-state index >= 15 is 0 Å². The van der Waals surface area contributed by atoms with Crippen molar-refractivity contribution in [2.75, 3.05) is 17.2 Å². The number of nitrogens with two attached hydrogens (primary N) is 1. The zero-order valence-electron chi connectivity index (χ0n) is 10.7. The molecule has 4 nitrogen and oxygen atoms in total. The Balaban J connectivity index is 2.39.